The highest BCUT2D eigenvalue weighted by molar-refractivity contribution is 7.94. The van der Waals surface area contributed by atoms with Crippen molar-refractivity contribution in [3.8, 4) is 0 Å². The fourth-order valence-corrected chi connectivity index (χ4v) is 4.68. The van der Waals surface area contributed by atoms with E-state index in [1.165, 1.54) is 0 Å². The first-order valence-electron chi connectivity index (χ1n) is 7.92. The van der Waals surface area contributed by atoms with Crippen molar-refractivity contribution < 1.29 is 18.3 Å². The van der Waals surface area contributed by atoms with Gasteiger partial charge in [-0.15, -0.1) is 11.3 Å². The van der Waals surface area contributed by atoms with Crippen molar-refractivity contribution in [2.45, 2.75) is 17.1 Å². The minimum Gasteiger partial charge on any atom is -0.478 e. The minimum absolute atomic E-state index is 0.262. The quantitative estimate of drug-likeness (QED) is 0.641. The van der Waals surface area contributed by atoms with E-state index in [4.69, 9.17) is 0 Å². The summed E-state index contributed by atoms with van der Waals surface area (Å²) in [6, 6.07) is 17.3. The predicted molar refractivity (Wildman–Crippen MR) is 102 cm³/mol. The van der Waals surface area contributed by atoms with Crippen LogP contribution in [0.4, 0.5) is 5.69 Å². The number of carboxylic acid groups (broad SMARTS) is 1. The molecular weight excluding hydrogens is 370 g/mol. The van der Waals surface area contributed by atoms with Crippen LogP contribution in [0.15, 0.2) is 70.3 Å². The van der Waals surface area contributed by atoms with Gasteiger partial charge >= 0.3 is 5.97 Å². The van der Waals surface area contributed by atoms with Crippen molar-refractivity contribution in [2.75, 3.05) is 4.72 Å². The normalized spacial score (nSPS) is 11.2. The molecular formula is C19H17NO4S2. The number of sulfonamides is 1. The van der Waals surface area contributed by atoms with Gasteiger partial charge in [0, 0.05) is 5.69 Å². The van der Waals surface area contributed by atoms with Gasteiger partial charge in [-0.25, -0.2) is 13.2 Å². The SMILES string of the molecule is O=C(O)c1ccccc1CCc1cccc(NS(=O)(=O)c2cccs2)c1. The number of rotatable bonds is 7. The Kier molecular flexibility index (Phi) is 5.39. The summed E-state index contributed by atoms with van der Waals surface area (Å²) in [6.07, 6.45) is 1.17. The summed E-state index contributed by atoms with van der Waals surface area (Å²) in [5.41, 5.74) is 2.46. The van der Waals surface area contributed by atoms with Gasteiger partial charge in [0.15, 0.2) is 0 Å². The average molecular weight is 387 g/mol. The molecule has 1 heterocycles. The van der Waals surface area contributed by atoms with Gasteiger partial charge in [0.25, 0.3) is 10.0 Å². The molecule has 0 saturated heterocycles. The number of aryl methyl sites for hydroxylation is 2. The molecule has 0 aliphatic heterocycles. The Labute approximate surface area is 156 Å². The summed E-state index contributed by atoms with van der Waals surface area (Å²) < 4.78 is 27.5. The molecule has 0 spiro atoms. The summed E-state index contributed by atoms with van der Waals surface area (Å²) >= 11 is 1.16. The summed E-state index contributed by atoms with van der Waals surface area (Å²) in [5.74, 6) is -0.946. The van der Waals surface area contributed by atoms with E-state index in [0.29, 0.717) is 24.1 Å². The van der Waals surface area contributed by atoms with Crippen molar-refractivity contribution in [2.24, 2.45) is 0 Å². The molecule has 26 heavy (non-hydrogen) atoms. The molecule has 0 saturated carbocycles. The minimum atomic E-state index is -3.58. The first kappa shape index (κ1) is 18.2. The highest BCUT2D eigenvalue weighted by Gasteiger charge is 2.15. The number of aromatic carboxylic acids is 1. The molecule has 134 valence electrons. The first-order valence-corrected chi connectivity index (χ1v) is 10.3. The van der Waals surface area contributed by atoms with Crippen LogP contribution in [0.3, 0.4) is 0 Å². The number of benzene rings is 2. The second-order valence-electron chi connectivity index (χ2n) is 5.70. The fraction of sp³-hybridized carbons (Fsp3) is 0.105. The largest absolute Gasteiger partial charge is 0.478 e. The maximum absolute atomic E-state index is 12.3. The third kappa shape index (κ3) is 4.30. The summed E-state index contributed by atoms with van der Waals surface area (Å²) in [7, 11) is -3.58. The van der Waals surface area contributed by atoms with Crippen LogP contribution in [0.25, 0.3) is 0 Å². The second kappa shape index (κ2) is 7.72. The average Bonchev–Trinajstić information content (AvgIpc) is 3.16. The van der Waals surface area contributed by atoms with Crippen LogP contribution in [0.1, 0.15) is 21.5 Å². The lowest BCUT2D eigenvalue weighted by Crippen LogP contribution is -2.11. The molecule has 2 N–H and O–H groups in total. The summed E-state index contributed by atoms with van der Waals surface area (Å²) in [4.78, 5) is 11.3. The molecule has 0 aliphatic rings. The lowest BCUT2D eigenvalue weighted by molar-refractivity contribution is 0.0695. The van der Waals surface area contributed by atoms with Crippen LogP contribution < -0.4 is 4.72 Å². The van der Waals surface area contributed by atoms with Crippen LogP contribution in [-0.2, 0) is 22.9 Å². The molecule has 3 rings (SSSR count). The van der Waals surface area contributed by atoms with E-state index in [1.54, 1.807) is 53.9 Å². The molecule has 0 aliphatic carbocycles. The number of thiophene rings is 1. The number of carboxylic acids is 1. The van der Waals surface area contributed by atoms with Crippen molar-refractivity contribution >= 4 is 33.0 Å². The van der Waals surface area contributed by atoms with Crippen molar-refractivity contribution in [3.05, 3.63) is 82.7 Å². The summed E-state index contributed by atoms with van der Waals surface area (Å²) in [5, 5.41) is 11.0. The van der Waals surface area contributed by atoms with E-state index in [0.717, 1.165) is 22.5 Å². The van der Waals surface area contributed by atoms with Crippen molar-refractivity contribution in [1.82, 2.24) is 0 Å². The Hall–Kier alpha value is -2.64. The van der Waals surface area contributed by atoms with Gasteiger partial charge in [0.1, 0.15) is 4.21 Å². The van der Waals surface area contributed by atoms with E-state index < -0.39 is 16.0 Å². The zero-order valence-corrected chi connectivity index (χ0v) is 15.4. The van der Waals surface area contributed by atoms with E-state index in [2.05, 4.69) is 4.72 Å². The number of nitrogens with one attached hydrogen (secondary N) is 1. The van der Waals surface area contributed by atoms with Crippen LogP contribution in [-0.4, -0.2) is 19.5 Å². The van der Waals surface area contributed by atoms with Crippen LogP contribution >= 0.6 is 11.3 Å². The van der Waals surface area contributed by atoms with Crippen molar-refractivity contribution in [1.29, 1.82) is 0 Å². The molecule has 0 fully saturated rings. The Bertz CT molecular complexity index is 1010. The maximum Gasteiger partial charge on any atom is 0.335 e. The van der Waals surface area contributed by atoms with E-state index in [-0.39, 0.29) is 4.21 Å². The van der Waals surface area contributed by atoms with Gasteiger partial charge in [-0.1, -0.05) is 36.4 Å². The zero-order valence-electron chi connectivity index (χ0n) is 13.8. The third-order valence-corrected chi connectivity index (χ3v) is 6.65. The predicted octanol–water partition coefficient (Wildman–Crippen LogP) is 4.03. The highest BCUT2D eigenvalue weighted by Crippen LogP contribution is 2.21. The Balaban J connectivity index is 1.73. The summed E-state index contributed by atoms with van der Waals surface area (Å²) in [6.45, 7) is 0. The molecule has 0 amide bonds. The number of hydrogen-bond acceptors (Lipinski definition) is 4. The third-order valence-electron chi connectivity index (χ3n) is 3.87. The molecule has 7 heteroatoms. The van der Waals surface area contributed by atoms with Gasteiger partial charge in [-0.2, -0.15) is 0 Å². The standard InChI is InChI=1S/C19H17NO4S2/c21-19(22)17-8-2-1-6-15(17)11-10-14-5-3-7-16(13-14)20-26(23,24)18-9-4-12-25-18/h1-9,12-13,20H,10-11H2,(H,21,22). The molecule has 1 aromatic heterocycles. The van der Waals surface area contributed by atoms with Crippen LogP contribution in [0.2, 0.25) is 0 Å². The van der Waals surface area contributed by atoms with Crippen LogP contribution in [0, 0.1) is 0 Å². The molecule has 0 bridgehead atoms. The van der Waals surface area contributed by atoms with Gasteiger partial charge in [-0.3, -0.25) is 4.72 Å². The van der Waals surface area contributed by atoms with E-state index >= 15 is 0 Å². The first-order chi connectivity index (χ1) is 12.5. The van der Waals surface area contributed by atoms with E-state index in [1.807, 2.05) is 12.1 Å². The van der Waals surface area contributed by atoms with Crippen molar-refractivity contribution in [3.63, 3.8) is 0 Å². The van der Waals surface area contributed by atoms with E-state index in [9.17, 15) is 18.3 Å². The van der Waals surface area contributed by atoms with Gasteiger partial charge in [-0.05, 0) is 53.6 Å². The lowest BCUT2D eigenvalue weighted by atomic mass is 10.00. The zero-order chi connectivity index (χ0) is 18.6. The maximum atomic E-state index is 12.3. The molecule has 0 unspecified atom stereocenters. The second-order valence-corrected chi connectivity index (χ2v) is 8.56. The Morgan fingerprint density at radius 3 is 2.54 bits per heavy atom. The number of anilines is 1. The van der Waals surface area contributed by atoms with Gasteiger partial charge in [0.05, 0.1) is 5.56 Å². The highest BCUT2D eigenvalue weighted by atomic mass is 32.2. The van der Waals surface area contributed by atoms with Gasteiger partial charge in [0.2, 0.25) is 0 Å². The van der Waals surface area contributed by atoms with Gasteiger partial charge < -0.3 is 5.11 Å². The monoisotopic (exact) mass is 387 g/mol. The van der Waals surface area contributed by atoms with Crippen LogP contribution in [0.5, 0.6) is 0 Å². The molecule has 0 radical (unpaired) electrons. The number of hydrogen-bond donors (Lipinski definition) is 2. The fourth-order valence-electron chi connectivity index (χ4n) is 2.64. The molecule has 0 atom stereocenters. The Morgan fingerprint density at radius 1 is 1.00 bits per heavy atom. The smallest absolute Gasteiger partial charge is 0.335 e. The Morgan fingerprint density at radius 2 is 1.81 bits per heavy atom. The molecule has 5 nitrogen and oxygen atoms in total. The topological polar surface area (TPSA) is 83.5 Å². The molecule has 2 aromatic carbocycles. The number of carbonyl (C=O) groups is 1. The lowest BCUT2D eigenvalue weighted by Gasteiger charge is -2.09. The molecule has 3 aromatic rings.